The molecule has 0 saturated carbocycles. The van der Waals surface area contributed by atoms with E-state index >= 15 is 0 Å². The monoisotopic (exact) mass is 444 g/mol. The molecule has 7 heteroatoms. The highest BCUT2D eigenvalue weighted by Gasteiger charge is 2.43. The zero-order valence-electron chi connectivity index (χ0n) is 17.0. The highest BCUT2D eigenvalue weighted by Crippen LogP contribution is 2.35. The van der Waals surface area contributed by atoms with E-state index in [4.69, 9.17) is 4.74 Å². The van der Waals surface area contributed by atoms with E-state index in [1.54, 1.807) is 23.5 Å². The zero-order chi connectivity index (χ0) is 22.1. The standard InChI is InChI=1S/C24H25FO5S/c1-13-2-3-15(24-23(29)22(28)21(27)19(12-26)30-24)10-16(13)11-18-8-9-20(31-18)14-4-6-17(25)7-5-14/h2-10,19,21-24,26-29H,11-12H2,1H3/t19-,21-,22+,23?,24?/m1/s1. The number of rotatable bonds is 5. The van der Waals surface area contributed by atoms with Crippen LogP contribution in [0.1, 0.15) is 27.7 Å². The number of aryl methyl sites for hydroxylation is 1. The molecule has 2 heterocycles. The number of ether oxygens (including phenoxy) is 1. The van der Waals surface area contributed by atoms with Crippen LogP contribution in [0.4, 0.5) is 4.39 Å². The minimum absolute atomic E-state index is 0.263. The van der Waals surface area contributed by atoms with Gasteiger partial charge in [-0.3, -0.25) is 0 Å². The van der Waals surface area contributed by atoms with Crippen LogP contribution in [0.15, 0.2) is 54.6 Å². The summed E-state index contributed by atoms with van der Waals surface area (Å²) in [7, 11) is 0. The summed E-state index contributed by atoms with van der Waals surface area (Å²) in [5, 5.41) is 40.0. The van der Waals surface area contributed by atoms with Gasteiger partial charge in [0.15, 0.2) is 0 Å². The lowest BCUT2D eigenvalue weighted by molar-refractivity contribution is -0.231. The van der Waals surface area contributed by atoms with Crippen LogP contribution in [0, 0.1) is 12.7 Å². The Kier molecular flexibility index (Phi) is 6.52. The van der Waals surface area contributed by atoms with Crippen LogP contribution in [0.2, 0.25) is 0 Å². The molecule has 0 amide bonds. The van der Waals surface area contributed by atoms with Crippen LogP contribution in [-0.2, 0) is 11.2 Å². The SMILES string of the molecule is Cc1ccc(C2O[C@H](CO)[C@@H](O)[C@H](O)C2O)cc1Cc1ccc(-c2ccc(F)cc2)s1. The van der Waals surface area contributed by atoms with Crippen molar-refractivity contribution < 1.29 is 29.6 Å². The molecule has 5 atom stereocenters. The lowest BCUT2D eigenvalue weighted by atomic mass is 9.89. The summed E-state index contributed by atoms with van der Waals surface area (Å²) in [5.74, 6) is -0.263. The first kappa shape index (κ1) is 22.1. The molecule has 1 aliphatic heterocycles. The lowest BCUT2D eigenvalue weighted by Gasteiger charge is -2.40. The molecule has 4 rings (SSSR count). The number of aliphatic hydroxyl groups excluding tert-OH is 4. The van der Waals surface area contributed by atoms with Gasteiger partial charge in [0.05, 0.1) is 6.61 Å². The Hall–Kier alpha value is -2.13. The molecule has 1 aromatic heterocycles. The third-order valence-electron chi connectivity index (χ3n) is 5.75. The molecular formula is C24H25FO5S. The number of benzene rings is 2. The molecule has 1 aliphatic rings. The molecule has 0 aliphatic carbocycles. The van der Waals surface area contributed by atoms with Gasteiger partial charge in [0.1, 0.15) is 36.3 Å². The summed E-state index contributed by atoms with van der Waals surface area (Å²) in [6.07, 6.45) is -5.21. The van der Waals surface area contributed by atoms with E-state index in [-0.39, 0.29) is 5.82 Å². The average Bonchev–Trinajstić information content (AvgIpc) is 3.23. The quantitative estimate of drug-likeness (QED) is 0.486. The first-order valence-corrected chi connectivity index (χ1v) is 10.9. The molecule has 4 N–H and O–H groups in total. The van der Waals surface area contributed by atoms with Crippen molar-refractivity contribution in [1.29, 1.82) is 0 Å². The van der Waals surface area contributed by atoms with Crippen LogP contribution < -0.4 is 0 Å². The Morgan fingerprint density at radius 3 is 2.39 bits per heavy atom. The van der Waals surface area contributed by atoms with Crippen molar-refractivity contribution in [3.05, 3.63) is 82.0 Å². The maximum atomic E-state index is 13.2. The largest absolute Gasteiger partial charge is 0.394 e. The Bertz CT molecular complexity index is 1030. The molecule has 5 nitrogen and oxygen atoms in total. The van der Waals surface area contributed by atoms with Crippen LogP contribution in [0.25, 0.3) is 10.4 Å². The van der Waals surface area contributed by atoms with E-state index in [2.05, 4.69) is 0 Å². The second-order valence-corrected chi connectivity index (χ2v) is 9.05. The van der Waals surface area contributed by atoms with E-state index in [0.717, 1.165) is 26.4 Å². The molecule has 0 spiro atoms. The first-order valence-electron chi connectivity index (χ1n) is 10.1. The molecule has 31 heavy (non-hydrogen) atoms. The maximum Gasteiger partial charge on any atom is 0.123 e. The summed E-state index contributed by atoms with van der Waals surface area (Å²) >= 11 is 1.63. The number of aliphatic hydroxyl groups is 4. The predicted octanol–water partition coefficient (Wildman–Crippen LogP) is 2.97. The van der Waals surface area contributed by atoms with Crippen LogP contribution >= 0.6 is 11.3 Å². The van der Waals surface area contributed by atoms with Crippen LogP contribution in [-0.4, -0.2) is 51.4 Å². The summed E-state index contributed by atoms with van der Waals surface area (Å²) < 4.78 is 18.9. The van der Waals surface area contributed by atoms with Gasteiger partial charge in [0.25, 0.3) is 0 Å². The average molecular weight is 445 g/mol. The number of hydrogen-bond donors (Lipinski definition) is 4. The van der Waals surface area contributed by atoms with E-state index < -0.39 is 37.1 Å². The minimum Gasteiger partial charge on any atom is -0.394 e. The number of hydrogen-bond acceptors (Lipinski definition) is 6. The van der Waals surface area contributed by atoms with Gasteiger partial charge in [-0.05, 0) is 53.4 Å². The topological polar surface area (TPSA) is 90.2 Å². The summed E-state index contributed by atoms with van der Waals surface area (Å²) in [4.78, 5) is 2.19. The van der Waals surface area contributed by atoms with Crippen molar-refractivity contribution in [2.45, 2.75) is 43.9 Å². The zero-order valence-corrected chi connectivity index (χ0v) is 17.8. The normalized spacial score (nSPS) is 26.2. The maximum absolute atomic E-state index is 13.2. The van der Waals surface area contributed by atoms with Crippen molar-refractivity contribution in [1.82, 2.24) is 0 Å². The third-order valence-corrected chi connectivity index (χ3v) is 6.88. The van der Waals surface area contributed by atoms with Crippen molar-refractivity contribution in [3.63, 3.8) is 0 Å². The van der Waals surface area contributed by atoms with Crippen molar-refractivity contribution in [3.8, 4) is 10.4 Å². The van der Waals surface area contributed by atoms with Gasteiger partial charge >= 0.3 is 0 Å². The summed E-state index contributed by atoms with van der Waals surface area (Å²) in [6.45, 7) is 1.54. The number of halogens is 1. The molecule has 2 aromatic carbocycles. The first-order chi connectivity index (χ1) is 14.9. The smallest absolute Gasteiger partial charge is 0.123 e. The van der Waals surface area contributed by atoms with Crippen LogP contribution in [0.3, 0.4) is 0 Å². The second-order valence-electron chi connectivity index (χ2n) is 7.89. The van der Waals surface area contributed by atoms with Crippen molar-refractivity contribution >= 4 is 11.3 Å². The summed E-state index contributed by atoms with van der Waals surface area (Å²) in [6, 6.07) is 16.2. The van der Waals surface area contributed by atoms with E-state index in [1.165, 1.54) is 12.1 Å². The van der Waals surface area contributed by atoms with Gasteiger partial charge in [-0.1, -0.05) is 30.3 Å². The number of thiophene rings is 1. The Morgan fingerprint density at radius 2 is 1.68 bits per heavy atom. The molecule has 1 fully saturated rings. The van der Waals surface area contributed by atoms with Crippen molar-refractivity contribution in [2.75, 3.05) is 6.61 Å². The predicted molar refractivity (Wildman–Crippen MR) is 116 cm³/mol. The molecular weight excluding hydrogens is 419 g/mol. The highest BCUT2D eigenvalue weighted by atomic mass is 32.1. The summed E-state index contributed by atoms with van der Waals surface area (Å²) in [5.41, 5.74) is 3.75. The van der Waals surface area contributed by atoms with E-state index in [9.17, 15) is 24.8 Å². The van der Waals surface area contributed by atoms with Crippen molar-refractivity contribution in [2.24, 2.45) is 0 Å². The van der Waals surface area contributed by atoms with E-state index in [0.29, 0.717) is 12.0 Å². The molecule has 1 saturated heterocycles. The fourth-order valence-electron chi connectivity index (χ4n) is 3.87. The third kappa shape index (κ3) is 4.57. The second kappa shape index (κ2) is 9.16. The highest BCUT2D eigenvalue weighted by molar-refractivity contribution is 7.15. The Labute approximate surface area is 184 Å². The molecule has 164 valence electrons. The minimum atomic E-state index is -1.41. The van der Waals surface area contributed by atoms with Gasteiger partial charge in [0, 0.05) is 16.2 Å². The van der Waals surface area contributed by atoms with Gasteiger partial charge in [-0.15, -0.1) is 11.3 Å². The van der Waals surface area contributed by atoms with Crippen LogP contribution in [0.5, 0.6) is 0 Å². The molecule has 0 radical (unpaired) electrons. The Morgan fingerprint density at radius 1 is 0.935 bits per heavy atom. The Balaban J connectivity index is 1.57. The van der Waals surface area contributed by atoms with E-state index in [1.807, 2.05) is 37.3 Å². The molecule has 3 aromatic rings. The van der Waals surface area contributed by atoms with Gasteiger partial charge < -0.3 is 25.2 Å². The fourth-order valence-corrected chi connectivity index (χ4v) is 4.90. The van der Waals surface area contributed by atoms with Gasteiger partial charge in [-0.25, -0.2) is 4.39 Å². The van der Waals surface area contributed by atoms with Gasteiger partial charge in [0.2, 0.25) is 0 Å². The fraction of sp³-hybridized carbons (Fsp3) is 0.333. The van der Waals surface area contributed by atoms with Gasteiger partial charge in [-0.2, -0.15) is 0 Å². The molecule has 2 unspecified atom stereocenters. The molecule has 0 bridgehead atoms. The lowest BCUT2D eigenvalue weighted by Crippen LogP contribution is -2.55.